The first-order valence-electron chi connectivity index (χ1n) is 3.74. The minimum Gasteiger partial charge on any atom is -1.00 e. The summed E-state index contributed by atoms with van der Waals surface area (Å²) in [6.45, 7) is 1.61. The average Bonchev–Trinajstić information content (AvgIpc) is 2.28. The Labute approximate surface area is 88.5 Å². The van der Waals surface area contributed by atoms with Gasteiger partial charge in [-0.2, -0.15) is 0 Å². The number of imidazole rings is 1. The first kappa shape index (κ1) is 12.5. The first-order valence-corrected chi connectivity index (χ1v) is 4.73. The third kappa shape index (κ3) is 3.40. The van der Waals surface area contributed by atoms with Gasteiger partial charge < -0.3 is 12.4 Å². The third-order valence-corrected chi connectivity index (χ3v) is 2.91. The molecule has 0 aliphatic rings. The van der Waals surface area contributed by atoms with E-state index in [0.717, 1.165) is 5.16 Å². The van der Waals surface area contributed by atoms with Gasteiger partial charge in [-0.05, 0) is 18.7 Å². The number of nitrogens with zero attached hydrogens (tertiary/aromatic N) is 2. The normalized spacial score (nSPS) is 9.46. The summed E-state index contributed by atoms with van der Waals surface area (Å²) in [4.78, 5) is 10.7. The van der Waals surface area contributed by atoms with E-state index >= 15 is 0 Å². The lowest BCUT2D eigenvalue weighted by Gasteiger charge is -1.94. The van der Waals surface area contributed by atoms with Crippen LogP contribution in [-0.2, 0) is 18.9 Å². The topological polar surface area (TPSA) is 25.9 Å². The minimum absolute atomic E-state index is 0. The fourth-order valence-electron chi connectivity index (χ4n) is 0.946. The van der Waals surface area contributed by atoms with Crippen LogP contribution in [0.4, 0.5) is 0 Å². The number of hydrogen-bond acceptors (Lipinski definition) is 2. The van der Waals surface area contributed by atoms with Gasteiger partial charge in [-0.25, -0.2) is 9.13 Å². The van der Waals surface area contributed by atoms with Gasteiger partial charge >= 0.3 is 5.16 Å². The largest absolute Gasteiger partial charge is 1.00 e. The molecule has 13 heavy (non-hydrogen) atoms. The SMILES string of the molecule is CC(=O)CSc1n(C)cc[n+]1C.[Cl-]. The molecule has 5 heteroatoms. The Hall–Kier alpha value is -0.480. The van der Waals surface area contributed by atoms with E-state index in [1.807, 2.05) is 35.6 Å². The van der Waals surface area contributed by atoms with Gasteiger partial charge in [-0.3, -0.25) is 4.79 Å². The molecule has 1 heterocycles. The molecular formula is C8H13ClN2OS. The zero-order valence-electron chi connectivity index (χ0n) is 7.95. The third-order valence-electron chi connectivity index (χ3n) is 1.52. The molecule has 1 aromatic heterocycles. The monoisotopic (exact) mass is 220 g/mol. The lowest BCUT2D eigenvalue weighted by molar-refractivity contribution is -0.709. The van der Waals surface area contributed by atoms with Gasteiger partial charge in [0.1, 0.15) is 18.2 Å². The molecule has 0 bridgehead atoms. The van der Waals surface area contributed by atoms with E-state index in [1.165, 1.54) is 0 Å². The quantitative estimate of drug-likeness (QED) is 0.417. The summed E-state index contributed by atoms with van der Waals surface area (Å²) in [5, 5.41) is 1.10. The molecule has 0 aliphatic heterocycles. The van der Waals surface area contributed by atoms with Crippen molar-refractivity contribution >= 4 is 17.5 Å². The molecule has 1 aromatic rings. The molecule has 0 atom stereocenters. The molecule has 3 nitrogen and oxygen atoms in total. The van der Waals surface area contributed by atoms with E-state index in [-0.39, 0.29) is 18.2 Å². The van der Waals surface area contributed by atoms with Crippen LogP contribution in [0.1, 0.15) is 6.92 Å². The Morgan fingerprint density at radius 1 is 1.69 bits per heavy atom. The van der Waals surface area contributed by atoms with E-state index < -0.39 is 0 Å². The Kier molecular flexibility index (Phi) is 5.10. The highest BCUT2D eigenvalue weighted by Gasteiger charge is 2.12. The number of hydrogen-bond donors (Lipinski definition) is 0. The van der Waals surface area contributed by atoms with Crippen molar-refractivity contribution in [3.63, 3.8) is 0 Å². The Bertz CT molecular complexity index is 279. The van der Waals surface area contributed by atoms with Crippen LogP contribution in [0.5, 0.6) is 0 Å². The fraction of sp³-hybridized carbons (Fsp3) is 0.500. The second kappa shape index (κ2) is 5.29. The van der Waals surface area contributed by atoms with E-state index in [1.54, 1.807) is 18.7 Å². The molecule has 74 valence electrons. The van der Waals surface area contributed by atoms with Crippen molar-refractivity contribution in [3.05, 3.63) is 12.4 Å². The molecule has 0 saturated heterocycles. The fourth-order valence-corrected chi connectivity index (χ4v) is 1.81. The summed E-state index contributed by atoms with van der Waals surface area (Å²) >= 11 is 1.56. The van der Waals surface area contributed by atoms with Gasteiger partial charge in [-0.15, -0.1) is 0 Å². The number of Topliss-reactive ketones (excluding diaryl/α,β-unsaturated/α-hetero) is 1. The molecule has 0 spiro atoms. The highest BCUT2D eigenvalue weighted by molar-refractivity contribution is 7.99. The van der Waals surface area contributed by atoms with E-state index in [4.69, 9.17) is 0 Å². The van der Waals surface area contributed by atoms with Crippen molar-refractivity contribution < 1.29 is 21.8 Å². The zero-order chi connectivity index (χ0) is 9.14. The van der Waals surface area contributed by atoms with Crippen molar-refractivity contribution in [3.8, 4) is 0 Å². The summed E-state index contributed by atoms with van der Waals surface area (Å²) < 4.78 is 4.02. The van der Waals surface area contributed by atoms with Crippen LogP contribution in [0.15, 0.2) is 17.6 Å². The highest BCUT2D eigenvalue weighted by atomic mass is 35.5. The summed E-state index contributed by atoms with van der Waals surface area (Å²) in [5.74, 6) is 0.757. The van der Waals surface area contributed by atoms with Crippen LogP contribution in [0.25, 0.3) is 0 Å². The zero-order valence-corrected chi connectivity index (χ0v) is 9.52. The molecule has 0 N–H and O–H groups in total. The molecular weight excluding hydrogens is 208 g/mol. The summed E-state index contributed by atoms with van der Waals surface area (Å²) in [5.41, 5.74) is 0. The molecule has 0 unspecified atom stereocenters. The Morgan fingerprint density at radius 2 is 2.31 bits per heavy atom. The van der Waals surface area contributed by atoms with Crippen LogP contribution < -0.4 is 17.0 Å². The van der Waals surface area contributed by atoms with Crippen molar-refractivity contribution in [2.45, 2.75) is 12.1 Å². The van der Waals surface area contributed by atoms with E-state index in [2.05, 4.69) is 0 Å². The van der Waals surface area contributed by atoms with Crippen molar-refractivity contribution in [1.82, 2.24) is 4.57 Å². The van der Waals surface area contributed by atoms with Gasteiger partial charge in [0.2, 0.25) is 0 Å². The lowest BCUT2D eigenvalue weighted by atomic mass is 10.5. The second-order valence-electron chi connectivity index (χ2n) is 2.79. The maximum absolute atomic E-state index is 10.7. The first-order chi connectivity index (χ1) is 5.61. The molecule has 1 rings (SSSR count). The molecule has 0 amide bonds. The number of carbonyl (C=O) groups excluding carboxylic acids is 1. The Balaban J connectivity index is 0.00000144. The number of thioether (sulfide) groups is 1. The Morgan fingerprint density at radius 3 is 2.69 bits per heavy atom. The second-order valence-corrected chi connectivity index (χ2v) is 3.74. The number of carbonyl (C=O) groups is 1. The summed E-state index contributed by atoms with van der Waals surface area (Å²) in [6.07, 6.45) is 3.95. The van der Waals surface area contributed by atoms with Crippen LogP contribution in [0.3, 0.4) is 0 Å². The van der Waals surface area contributed by atoms with Crippen LogP contribution in [0.2, 0.25) is 0 Å². The van der Waals surface area contributed by atoms with Crippen LogP contribution in [-0.4, -0.2) is 16.1 Å². The number of halogens is 1. The van der Waals surface area contributed by atoms with Crippen molar-refractivity contribution in [2.75, 3.05) is 5.75 Å². The predicted octanol–water partition coefficient (Wildman–Crippen LogP) is -2.47. The van der Waals surface area contributed by atoms with Gasteiger partial charge in [0.15, 0.2) is 0 Å². The van der Waals surface area contributed by atoms with Gasteiger partial charge in [0.25, 0.3) is 0 Å². The van der Waals surface area contributed by atoms with Crippen LogP contribution >= 0.6 is 11.8 Å². The minimum atomic E-state index is 0. The molecule has 0 saturated carbocycles. The van der Waals surface area contributed by atoms with E-state index in [0.29, 0.717) is 5.75 Å². The van der Waals surface area contributed by atoms with Crippen molar-refractivity contribution in [1.29, 1.82) is 0 Å². The number of aryl methyl sites for hydroxylation is 2. The molecule has 0 radical (unpaired) electrons. The standard InChI is InChI=1S/C8H13N2OS.ClH/c1-7(11)6-12-8-9(2)4-5-10(8)3;/h4-5H,6H2,1-3H3;1H/q+1;/p-1. The number of rotatable bonds is 3. The smallest absolute Gasteiger partial charge is 0.317 e. The predicted molar refractivity (Wildman–Crippen MR) is 48.0 cm³/mol. The number of ketones is 1. The summed E-state index contributed by atoms with van der Waals surface area (Å²) in [7, 11) is 3.95. The van der Waals surface area contributed by atoms with Gasteiger partial charge in [0.05, 0.1) is 19.8 Å². The van der Waals surface area contributed by atoms with E-state index in [9.17, 15) is 4.79 Å². The lowest BCUT2D eigenvalue weighted by Crippen LogP contribution is -3.00. The molecule has 0 aromatic carbocycles. The number of aromatic nitrogens is 2. The molecule has 0 fully saturated rings. The van der Waals surface area contributed by atoms with Gasteiger partial charge in [0, 0.05) is 0 Å². The maximum atomic E-state index is 10.7. The molecule has 0 aliphatic carbocycles. The highest BCUT2D eigenvalue weighted by Crippen LogP contribution is 2.11. The average molecular weight is 221 g/mol. The maximum Gasteiger partial charge on any atom is 0.317 e. The van der Waals surface area contributed by atoms with Gasteiger partial charge in [-0.1, -0.05) is 0 Å². The van der Waals surface area contributed by atoms with Crippen molar-refractivity contribution in [2.24, 2.45) is 14.1 Å². The van der Waals surface area contributed by atoms with Crippen LogP contribution in [0, 0.1) is 0 Å². The summed E-state index contributed by atoms with van der Waals surface area (Å²) in [6, 6.07) is 0.